The maximum Gasteiger partial charge on any atom is 0.213 e. The largest absolute Gasteiger partial charge is 0.485 e. The monoisotopic (exact) mass is 233 g/mol. The molecule has 0 aliphatic carbocycles. The van der Waals surface area contributed by atoms with Gasteiger partial charge < -0.3 is 14.6 Å². The van der Waals surface area contributed by atoms with Crippen LogP contribution in [0.4, 0.5) is 0 Å². The number of aromatic nitrogens is 2. The fraction of sp³-hybridized carbons (Fsp3) is 0.333. The maximum absolute atomic E-state index is 5.68. The van der Waals surface area contributed by atoms with Crippen LogP contribution in [0.5, 0.6) is 5.75 Å². The highest BCUT2D eigenvalue weighted by atomic mass is 16.5. The van der Waals surface area contributed by atoms with Gasteiger partial charge in [0.2, 0.25) is 12.2 Å². The molecule has 17 heavy (non-hydrogen) atoms. The molecule has 0 fully saturated rings. The SMILES string of the molecule is CNC(C)c1ccccc1OCc1ncon1. The summed E-state index contributed by atoms with van der Waals surface area (Å²) in [4.78, 5) is 3.91. The molecule has 1 heterocycles. The smallest absolute Gasteiger partial charge is 0.213 e. The molecule has 0 amide bonds. The number of rotatable bonds is 5. The second-order valence-corrected chi connectivity index (χ2v) is 3.68. The Balaban J connectivity index is 2.09. The van der Waals surface area contributed by atoms with Crippen molar-refractivity contribution in [2.75, 3.05) is 7.05 Å². The van der Waals surface area contributed by atoms with Crippen LogP contribution in [0.25, 0.3) is 0 Å². The van der Waals surface area contributed by atoms with Crippen molar-refractivity contribution in [1.29, 1.82) is 0 Å². The lowest BCUT2D eigenvalue weighted by atomic mass is 10.1. The van der Waals surface area contributed by atoms with E-state index in [1.54, 1.807) is 0 Å². The Morgan fingerprint density at radius 1 is 1.41 bits per heavy atom. The molecule has 2 aromatic rings. The molecule has 5 nitrogen and oxygen atoms in total. The highest BCUT2D eigenvalue weighted by molar-refractivity contribution is 5.35. The molecule has 1 aromatic carbocycles. The predicted octanol–water partition coefficient (Wildman–Crippen LogP) is 1.93. The van der Waals surface area contributed by atoms with Crippen LogP contribution in [0.2, 0.25) is 0 Å². The van der Waals surface area contributed by atoms with Crippen LogP contribution in [0.1, 0.15) is 24.4 Å². The summed E-state index contributed by atoms with van der Waals surface area (Å²) in [6.07, 6.45) is 1.29. The number of nitrogens with zero attached hydrogens (tertiary/aromatic N) is 2. The van der Waals surface area contributed by atoms with Crippen molar-refractivity contribution < 1.29 is 9.26 Å². The first-order chi connectivity index (χ1) is 8.31. The quantitative estimate of drug-likeness (QED) is 0.855. The second kappa shape index (κ2) is 5.45. The zero-order valence-electron chi connectivity index (χ0n) is 9.88. The van der Waals surface area contributed by atoms with Crippen molar-refractivity contribution >= 4 is 0 Å². The summed E-state index contributed by atoms with van der Waals surface area (Å²) >= 11 is 0. The van der Waals surface area contributed by atoms with E-state index in [1.165, 1.54) is 6.39 Å². The van der Waals surface area contributed by atoms with Crippen molar-refractivity contribution in [3.05, 3.63) is 42.0 Å². The minimum absolute atomic E-state index is 0.233. The van der Waals surface area contributed by atoms with E-state index in [0.29, 0.717) is 12.4 Å². The molecule has 0 aliphatic rings. The van der Waals surface area contributed by atoms with E-state index in [4.69, 9.17) is 4.74 Å². The van der Waals surface area contributed by atoms with Gasteiger partial charge in [0.25, 0.3) is 0 Å². The van der Waals surface area contributed by atoms with Crippen molar-refractivity contribution in [1.82, 2.24) is 15.5 Å². The topological polar surface area (TPSA) is 60.2 Å². The lowest BCUT2D eigenvalue weighted by Gasteiger charge is -2.15. The van der Waals surface area contributed by atoms with Gasteiger partial charge in [-0.2, -0.15) is 4.98 Å². The molecule has 1 N–H and O–H groups in total. The number of hydrogen-bond donors (Lipinski definition) is 1. The van der Waals surface area contributed by atoms with Gasteiger partial charge in [0, 0.05) is 11.6 Å². The molecule has 0 spiro atoms. The van der Waals surface area contributed by atoms with Gasteiger partial charge in [0.05, 0.1) is 0 Å². The highest BCUT2D eigenvalue weighted by Crippen LogP contribution is 2.24. The van der Waals surface area contributed by atoms with E-state index < -0.39 is 0 Å². The third-order valence-electron chi connectivity index (χ3n) is 2.58. The third kappa shape index (κ3) is 2.82. The molecule has 1 aromatic heterocycles. The minimum atomic E-state index is 0.233. The molecule has 90 valence electrons. The van der Waals surface area contributed by atoms with Gasteiger partial charge in [0.15, 0.2) is 6.61 Å². The average molecular weight is 233 g/mol. The Morgan fingerprint density at radius 3 is 2.94 bits per heavy atom. The number of para-hydroxylation sites is 1. The fourth-order valence-corrected chi connectivity index (χ4v) is 1.52. The summed E-state index contributed by atoms with van der Waals surface area (Å²) in [5.41, 5.74) is 1.11. The lowest BCUT2D eigenvalue weighted by molar-refractivity contribution is 0.282. The minimum Gasteiger partial charge on any atom is -0.485 e. The van der Waals surface area contributed by atoms with Crippen molar-refractivity contribution in [2.45, 2.75) is 19.6 Å². The van der Waals surface area contributed by atoms with Gasteiger partial charge in [-0.25, -0.2) is 0 Å². The molecule has 1 unspecified atom stereocenters. The number of nitrogens with one attached hydrogen (secondary N) is 1. The van der Waals surface area contributed by atoms with Crippen molar-refractivity contribution in [2.24, 2.45) is 0 Å². The predicted molar refractivity (Wildman–Crippen MR) is 62.5 cm³/mol. The van der Waals surface area contributed by atoms with Crippen LogP contribution in [-0.4, -0.2) is 17.2 Å². The molecular formula is C12H15N3O2. The summed E-state index contributed by atoms with van der Waals surface area (Å²) in [5, 5.41) is 6.88. The molecule has 0 saturated carbocycles. The van der Waals surface area contributed by atoms with Crippen LogP contribution < -0.4 is 10.1 Å². The molecule has 0 saturated heterocycles. The molecule has 0 radical (unpaired) electrons. The van der Waals surface area contributed by atoms with Gasteiger partial charge in [-0.15, -0.1) is 0 Å². The Kier molecular flexibility index (Phi) is 3.72. The first-order valence-electron chi connectivity index (χ1n) is 5.45. The van der Waals surface area contributed by atoms with Gasteiger partial charge in [-0.1, -0.05) is 23.4 Å². The molecule has 0 aliphatic heterocycles. The normalized spacial score (nSPS) is 12.4. The zero-order valence-corrected chi connectivity index (χ0v) is 9.88. The first kappa shape index (κ1) is 11.6. The Bertz CT molecular complexity index is 457. The van der Waals surface area contributed by atoms with Crippen LogP contribution in [0.3, 0.4) is 0 Å². The van der Waals surface area contributed by atoms with Crippen LogP contribution >= 0.6 is 0 Å². The van der Waals surface area contributed by atoms with E-state index in [9.17, 15) is 0 Å². The summed E-state index contributed by atoms with van der Waals surface area (Å²) in [5.74, 6) is 1.37. The molecule has 5 heteroatoms. The van der Waals surface area contributed by atoms with E-state index in [2.05, 4.69) is 26.9 Å². The van der Waals surface area contributed by atoms with E-state index in [-0.39, 0.29) is 6.04 Å². The molecular weight excluding hydrogens is 218 g/mol. The van der Waals surface area contributed by atoms with E-state index in [0.717, 1.165) is 11.3 Å². The van der Waals surface area contributed by atoms with Crippen LogP contribution in [0, 0.1) is 0 Å². The first-order valence-corrected chi connectivity index (χ1v) is 5.45. The Labute approximate surface area is 99.8 Å². The number of hydrogen-bond acceptors (Lipinski definition) is 5. The van der Waals surface area contributed by atoms with Crippen LogP contribution in [0.15, 0.2) is 35.2 Å². The molecule has 1 atom stereocenters. The fourth-order valence-electron chi connectivity index (χ4n) is 1.52. The molecule has 0 bridgehead atoms. The van der Waals surface area contributed by atoms with Gasteiger partial charge >= 0.3 is 0 Å². The Morgan fingerprint density at radius 2 is 2.24 bits per heavy atom. The van der Waals surface area contributed by atoms with E-state index in [1.807, 2.05) is 31.3 Å². The average Bonchev–Trinajstić information content (AvgIpc) is 2.89. The zero-order chi connectivity index (χ0) is 12.1. The van der Waals surface area contributed by atoms with Gasteiger partial charge in [-0.05, 0) is 20.0 Å². The van der Waals surface area contributed by atoms with Gasteiger partial charge in [-0.3, -0.25) is 0 Å². The number of benzene rings is 1. The van der Waals surface area contributed by atoms with E-state index >= 15 is 0 Å². The summed E-state index contributed by atoms with van der Waals surface area (Å²) in [6, 6.07) is 8.13. The summed E-state index contributed by atoms with van der Waals surface area (Å²) in [6.45, 7) is 2.39. The second-order valence-electron chi connectivity index (χ2n) is 3.68. The summed E-state index contributed by atoms with van der Waals surface area (Å²) in [7, 11) is 1.92. The highest BCUT2D eigenvalue weighted by Gasteiger charge is 2.10. The van der Waals surface area contributed by atoms with Gasteiger partial charge in [0.1, 0.15) is 5.75 Å². The lowest BCUT2D eigenvalue weighted by Crippen LogP contribution is -2.13. The number of ether oxygens (including phenoxy) is 1. The summed E-state index contributed by atoms with van der Waals surface area (Å²) < 4.78 is 10.3. The Hall–Kier alpha value is -1.88. The van der Waals surface area contributed by atoms with Crippen molar-refractivity contribution in [3.63, 3.8) is 0 Å². The maximum atomic E-state index is 5.68. The third-order valence-corrected chi connectivity index (χ3v) is 2.58. The molecule has 2 rings (SSSR count). The standard InChI is InChI=1S/C12H15N3O2/c1-9(13-2)10-5-3-4-6-11(10)16-7-12-14-8-17-15-12/h3-6,8-9,13H,7H2,1-2H3. The van der Waals surface area contributed by atoms with Crippen LogP contribution in [-0.2, 0) is 6.61 Å². The van der Waals surface area contributed by atoms with Crippen molar-refractivity contribution in [3.8, 4) is 5.75 Å².